The number of esters is 1. The van der Waals surface area contributed by atoms with Crippen molar-refractivity contribution in [3.05, 3.63) is 28.7 Å². The Morgan fingerprint density at radius 3 is 2.58 bits per heavy atom. The first-order chi connectivity index (χ1) is 11.4. The Morgan fingerprint density at radius 1 is 1.29 bits per heavy atom. The number of hydrogen-bond donors (Lipinski definition) is 0. The van der Waals surface area contributed by atoms with Gasteiger partial charge >= 0.3 is 5.97 Å². The minimum absolute atomic E-state index is 0.311. The number of carbonyl (C=O) groups excluding carboxylic acids is 2. The smallest absolute Gasteiger partial charge is 0.328 e. The van der Waals surface area contributed by atoms with E-state index < -0.39 is 12.0 Å². The van der Waals surface area contributed by atoms with Crippen molar-refractivity contribution in [2.75, 3.05) is 21.3 Å². The maximum Gasteiger partial charge on any atom is 0.328 e. The van der Waals surface area contributed by atoms with Crippen molar-refractivity contribution in [2.45, 2.75) is 13.0 Å². The summed E-state index contributed by atoms with van der Waals surface area (Å²) >= 11 is 6.36. The monoisotopic (exact) mass is 367 g/mol. The van der Waals surface area contributed by atoms with Gasteiger partial charge in [0.15, 0.2) is 0 Å². The number of methoxy groups -OCH3 is 3. The van der Waals surface area contributed by atoms with Gasteiger partial charge in [-0.15, -0.1) is 0 Å². The fourth-order valence-corrected chi connectivity index (χ4v) is 3.59. The van der Waals surface area contributed by atoms with Crippen LogP contribution in [0.3, 0.4) is 0 Å². The summed E-state index contributed by atoms with van der Waals surface area (Å²) in [6.07, 6.45) is 1.67. The first kappa shape index (κ1) is 18.3. The van der Waals surface area contributed by atoms with Crippen molar-refractivity contribution in [3.8, 4) is 11.5 Å². The summed E-state index contributed by atoms with van der Waals surface area (Å²) in [5.41, 5.74) is 0.683. The van der Waals surface area contributed by atoms with Gasteiger partial charge in [-0.1, -0.05) is 24.0 Å². The highest BCUT2D eigenvalue weighted by atomic mass is 32.2. The van der Waals surface area contributed by atoms with Crippen LogP contribution in [0.4, 0.5) is 0 Å². The molecule has 1 saturated heterocycles. The number of carbonyl (C=O) groups is 2. The molecule has 0 saturated carbocycles. The van der Waals surface area contributed by atoms with Crippen LogP contribution in [0, 0.1) is 0 Å². The summed E-state index contributed by atoms with van der Waals surface area (Å²) in [6, 6.07) is 4.50. The van der Waals surface area contributed by atoms with Gasteiger partial charge in [-0.3, -0.25) is 9.69 Å². The summed E-state index contributed by atoms with van der Waals surface area (Å²) < 4.78 is 15.5. The normalized spacial score (nSPS) is 17.2. The molecule has 1 atom stereocenters. The van der Waals surface area contributed by atoms with Crippen molar-refractivity contribution in [3.63, 3.8) is 0 Å². The molecule has 1 aromatic rings. The lowest BCUT2D eigenvalue weighted by molar-refractivity contribution is -0.147. The van der Waals surface area contributed by atoms with Gasteiger partial charge in [-0.25, -0.2) is 4.79 Å². The number of benzene rings is 1. The molecule has 1 heterocycles. The van der Waals surface area contributed by atoms with Crippen LogP contribution in [0.25, 0.3) is 6.08 Å². The van der Waals surface area contributed by atoms with Gasteiger partial charge in [0.25, 0.3) is 5.91 Å². The predicted octanol–water partition coefficient (Wildman–Crippen LogP) is 2.47. The summed E-state index contributed by atoms with van der Waals surface area (Å²) in [5, 5.41) is 0. The van der Waals surface area contributed by atoms with E-state index >= 15 is 0 Å². The molecule has 1 amide bonds. The molecule has 2 rings (SSSR count). The van der Waals surface area contributed by atoms with Gasteiger partial charge < -0.3 is 14.2 Å². The van der Waals surface area contributed by atoms with E-state index in [1.54, 1.807) is 45.4 Å². The zero-order valence-corrected chi connectivity index (χ0v) is 15.3. The van der Waals surface area contributed by atoms with E-state index in [1.807, 2.05) is 0 Å². The largest absolute Gasteiger partial charge is 0.497 e. The minimum Gasteiger partial charge on any atom is -0.497 e. The second kappa shape index (κ2) is 7.67. The Bertz CT molecular complexity index is 716. The van der Waals surface area contributed by atoms with Gasteiger partial charge in [0.1, 0.15) is 21.9 Å². The fourth-order valence-electron chi connectivity index (χ4n) is 2.18. The Kier molecular flexibility index (Phi) is 5.84. The number of thioether (sulfide) groups is 1. The van der Waals surface area contributed by atoms with E-state index in [1.165, 1.54) is 12.0 Å². The number of ether oxygens (including phenoxy) is 3. The third-order valence-corrected chi connectivity index (χ3v) is 4.81. The van der Waals surface area contributed by atoms with Crippen LogP contribution in [0.15, 0.2) is 23.1 Å². The second-order valence-electron chi connectivity index (χ2n) is 4.86. The van der Waals surface area contributed by atoms with Crippen LogP contribution in [0.1, 0.15) is 12.5 Å². The van der Waals surface area contributed by atoms with Crippen LogP contribution in [-0.4, -0.2) is 48.5 Å². The molecule has 6 nitrogen and oxygen atoms in total. The van der Waals surface area contributed by atoms with Crippen molar-refractivity contribution in [1.82, 2.24) is 4.90 Å². The van der Waals surface area contributed by atoms with Gasteiger partial charge in [-0.05, 0) is 31.2 Å². The predicted molar refractivity (Wildman–Crippen MR) is 96.0 cm³/mol. The zero-order chi connectivity index (χ0) is 17.9. The zero-order valence-electron chi connectivity index (χ0n) is 13.7. The molecule has 8 heteroatoms. The van der Waals surface area contributed by atoms with Crippen LogP contribution < -0.4 is 9.47 Å². The van der Waals surface area contributed by atoms with E-state index in [4.69, 9.17) is 21.7 Å². The molecular weight excluding hydrogens is 350 g/mol. The second-order valence-corrected chi connectivity index (χ2v) is 6.53. The lowest BCUT2D eigenvalue weighted by Gasteiger charge is -2.20. The standard InChI is InChI=1S/C16H17NO5S2/c1-9(15(19)22-4)17-14(18)13(24-16(17)23)8-10-7-11(20-2)5-6-12(10)21-3/h5-9H,1-4H3. The van der Waals surface area contributed by atoms with Gasteiger partial charge in [0, 0.05) is 5.56 Å². The van der Waals surface area contributed by atoms with Crippen LogP contribution in [-0.2, 0) is 14.3 Å². The highest BCUT2D eigenvalue weighted by Crippen LogP contribution is 2.36. The molecule has 0 bridgehead atoms. The first-order valence-electron chi connectivity index (χ1n) is 6.99. The van der Waals surface area contributed by atoms with Crippen LogP contribution in [0.5, 0.6) is 11.5 Å². The molecular formula is C16H17NO5S2. The summed E-state index contributed by atoms with van der Waals surface area (Å²) in [4.78, 5) is 26.0. The van der Waals surface area contributed by atoms with Gasteiger partial charge in [0.05, 0.1) is 26.2 Å². The lowest BCUT2D eigenvalue weighted by Crippen LogP contribution is -2.42. The molecule has 0 radical (unpaired) electrons. The summed E-state index contributed by atoms with van der Waals surface area (Å²) in [6.45, 7) is 1.58. The Morgan fingerprint density at radius 2 is 2.00 bits per heavy atom. The highest BCUT2D eigenvalue weighted by Gasteiger charge is 2.38. The molecule has 1 unspecified atom stereocenters. The van der Waals surface area contributed by atoms with Gasteiger partial charge in [0.2, 0.25) is 0 Å². The summed E-state index contributed by atoms with van der Waals surface area (Å²) in [5.74, 6) is 0.377. The van der Waals surface area contributed by atoms with Crippen molar-refractivity contribution >= 4 is 46.3 Å². The molecule has 0 spiro atoms. The van der Waals surface area contributed by atoms with Crippen molar-refractivity contribution < 1.29 is 23.8 Å². The fraction of sp³-hybridized carbons (Fsp3) is 0.312. The molecule has 1 aromatic carbocycles. The van der Waals surface area contributed by atoms with Crippen LogP contribution >= 0.6 is 24.0 Å². The van der Waals surface area contributed by atoms with Crippen LogP contribution in [0.2, 0.25) is 0 Å². The molecule has 128 valence electrons. The third kappa shape index (κ3) is 3.54. The van der Waals surface area contributed by atoms with E-state index in [9.17, 15) is 9.59 Å². The van der Waals surface area contributed by atoms with E-state index in [2.05, 4.69) is 4.74 Å². The number of hydrogen-bond acceptors (Lipinski definition) is 7. The molecule has 1 aliphatic heterocycles. The minimum atomic E-state index is -0.777. The average molecular weight is 367 g/mol. The maximum absolute atomic E-state index is 12.6. The number of rotatable bonds is 5. The van der Waals surface area contributed by atoms with E-state index in [0.717, 1.165) is 11.8 Å². The Labute approximate surface area is 149 Å². The quantitative estimate of drug-likeness (QED) is 0.450. The lowest BCUT2D eigenvalue weighted by atomic mass is 10.1. The Balaban J connectivity index is 2.37. The topological polar surface area (TPSA) is 65.1 Å². The third-order valence-electron chi connectivity index (χ3n) is 3.48. The van der Waals surface area contributed by atoms with E-state index in [-0.39, 0.29) is 5.91 Å². The maximum atomic E-state index is 12.6. The SMILES string of the molecule is COC(=O)C(C)N1C(=O)C(=Cc2cc(OC)ccc2OC)SC1=S. The van der Waals surface area contributed by atoms with Gasteiger partial charge in [-0.2, -0.15) is 0 Å². The molecule has 0 aliphatic carbocycles. The van der Waals surface area contributed by atoms with Crippen molar-refractivity contribution in [2.24, 2.45) is 0 Å². The number of nitrogens with zero attached hydrogens (tertiary/aromatic N) is 1. The molecule has 1 fully saturated rings. The Hall–Kier alpha value is -2.06. The first-order valence-corrected chi connectivity index (χ1v) is 8.22. The van der Waals surface area contributed by atoms with Crippen molar-refractivity contribution in [1.29, 1.82) is 0 Å². The molecule has 0 aromatic heterocycles. The molecule has 24 heavy (non-hydrogen) atoms. The molecule has 0 N–H and O–H groups in total. The average Bonchev–Trinajstić information content (AvgIpc) is 2.87. The highest BCUT2D eigenvalue weighted by molar-refractivity contribution is 8.26. The number of amides is 1. The summed E-state index contributed by atoms with van der Waals surface area (Å²) in [7, 11) is 4.38. The number of thiocarbonyl (C=S) groups is 1. The molecule has 1 aliphatic rings. The van der Waals surface area contributed by atoms with E-state index in [0.29, 0.717) is 26.3 Å².